The zero-order chi connectivity index (χ0) is 14.2. The Morgan fingerprint density at radius 3 is 2.35 bits per heavy atom. The Hall–Kier alpha value is -0.860. The van der Waals surface area contributed by atoms with E-state index >= 15 is 0 Å². The third-order valence-corrected chi connectivity index (χ3v) is 4.09. The fourth-order valence-electron chi connectivity index (χ4n) is 2.63. The van der Waals surface area contributed by atoms with Crippen molar-refractivity contribution in [1.29, 1.82) is 0 Å². The smallest absolute Gasteiger partial charge is 0.106 e. The van der Waals surface area contributed by atoms with Crippen molar-refractivity contribution >= 4 is 0 Å². The van der Waals surface area contributed by atoms with Gasteiger partial charge in [0.15, 0.2) is 0 Å². The average Bonchev–Trinajstić information content (AvgIpc) is 2.52. The summed E-state index contributed by atoms with van der Waals surface area (Å²) >= 11 is 0. The van der Waals surface area contributed by atoms with Crippen molar-refractivity contribution < 1.29 is 9.47 Å². The van der Waals surface area contributed by atoms with Gasteiger partial charge in [0.1, 0.15) is 6.10 Å². The lowest BCUT2D eigenvalue weighted by Gasteiger charge is -2.29. The van der Waals surface area contributed by atoms with Gasteiger partial charge in [-0.2, -0.15) is 0 Å². The molecule has 0 aromatic heterocycles. The second kappa shape index (κ2) is 8.43. The number of hydrogen-bond donors (Lipinski definition) is 0. The van der Waals surface area contributed by atoms with Crippen LogP contribution in [0.5, 0.6) is 0 Å². The first-order valence-corrected chi connectivity index (χ1v) is 8.15. The molecule has 0 unspecified atom stereocenters. The Kier molecular flexibility index (Phi) is 6.55. The molecule has 2 heteroatoms. The van der Waals surface area contributed by atoms with Gasteiger partial charge in [0.2, 0.25) is 0 Å². The van der Waals surface area contributed by atoms with Crippen LogP contribution < -0.4 is 0 Å². The third-order valence-electron chi connectivity index (χ3n) is 4.09. The maximum atomic E-state index is 5.90. The summed E-state index contributed by atoms with van der Waals surface area (Å²) in [6.07, 6.45) is 7.92. The molecule has 0 spiro atoms. The lowest BCUT2D eigenvalue weighted by Crippen LogP contribution is -2.30. The van der Waals surface area contributed by atoms with Gasteiger partial charge >= 0.3 is 0 Å². The summed E-state index contributed by atoms with van der Waals surface area (Å²) in [5.74, 6) is 0. The van der Waals surface area contributed by atoms with E-state index < -0.39 is 0 Å². The predicted octanol–water partition coefficient (Wildman–Crippen LogP) is 4.68. The highest BCUT2D eigenvalue weighted by Crippen LogP contribution is 2.24. The molecule has 0 saturated carbocycles. The largest absolute Gasteiger partial charge is 0.373 e. The van der Waals surface area contributed by atoms with E-state index in [0.29, 0.717) is 6.61 Å². The molecule has 1 saturated heterocycles. The molecule has 2 rings (SSSR count). The second-order valence-corrected chi connectivity index (χ2v) is 5.74. The first kappa shape index (κ1) is 15.5. The Balaban J connectivity index is 1.79. The van der Waals surface area contributed by atoms with Crippen molar-refractivity contribution in [3.8, 4) is 0 Å². The number of benzene rings is 1. The molecule has 1 aliphatic heterocycles. The van der Waals surface area contributed by atoms with Crippen LogP contribution >= 0.6 is 0 Å². The fraction of sp³-hybridized carbons (Fsp3) is 0.667. The molecular weight excluding hydrogens is 248 g/mol. The van der Waals surface area contributed by atoms with Crippen LogP contribution in [-0.4, -0.2) is 19.3 Å². The molecule has 20 heavy (non-hydrogen) atoms. The molecular formula is C18H28O2. The van der Waals surface area contributed by atoms with E-state index in [-0.39, 0.29) is 12.2 Å². The monoisotopic (exact) mass is 276 g/mol. The first-order chi connectivity index (χ1) is 9.83. The molecule has 112 valence electrons. The molecule has 1 aliphatic rings. The zero-order valence-corrected chi connectivity index (χ0v) is 12.9. The van der Waals surface area contributed by atoms with E-state index in [4.69, 9.17) is 9.47 Å². The molecule has 0 aliphatic carbocycles. The summed E-state index contributed by atoms with van der Waals surface area (Å²) in [5.41, 5.74) is 2.69. The fourth-order valence-corrected chi connectivity index (χ4v) is 2.63. The van der Waals surface area contributed by atoms with Crippen LogP contribution in [0.2, 0.25) is 0 Å². The Bertz CT molecular complexity index is 364. The van der Waals surface area contributed by atoms with Crippen LogP contribution in [0.15, 0.2) is 24.3 Å². The van der Waals surface area contributed by atoms with Gasteiger partial charge in [-0.05, 0) is 30.4 Å². The summed E-state index contributed by atoms with van der Waals surface area (Å²) in [6, 6.07) is 8.90. The van der Waals surface area contributed by atoms with Gasteiger partial charge < -0.3 is 9.47 Å². The third kappa shape index (κ3) is 4.60. The van der Waals surface area contributed by atoms with E-state index in [9.17, 15) is 0 Å². The maximum Gasteiger partial charge on any atom is 0.106 e. The molecule has 1 fully saturated rings. The molecule has 2 nitrogen and oxygen atoms in total. The van der Waals surface area contributed by atoms with Crippen LogP contribution in [0.1, 0.15) is 63.2 Å². The number of hydrogen-bond acceptors (Lipinski definition) is 2. The standard InChI is InChI=1S/C18H28O2/c1-3-5-6-7-8-15-9-11-16(12-10-15)18-14-19-17(4-2)13-20-18/h9-12,17-18H,3-8,13-14H2,1-2H3/t17-,18-/m1/s1. The van der Waals surface area contributed by atoms with Gasteiger partial charge in [0.05, 0.1) is 19.3 Å². The minimum atomic E-state index is 0.118. The molecule has 2 atom stereocenters. The highest BCUT2D eigenvalue weighted by atomic mass is 16.6. The van der Waals surface area contributed by atoms with Crippen LogP contribution in [0, 0.1) is 0 Å². The Morgan fingerprint density at radius 2 is 1.75 bits per heavy atom. The van der Waals surface area contributed by atoms with Gasteiger partial charge in [0, 0.05) is 0 Å². The maximum absolute atomic E-state index is 5.90. The number of aryl methyl sites for hydroxylation is 1. The molecule has 0 N–H and O–H groups in total. The van der Waals surface area contributed by atoms with Crippen LogP contribution in [0.4, 0.5) is 0 Å². The summed E-state index contributed by atoms with van der Waals surface area (Å²) in [4.78, 5) is 0. The predicted molar refractivity (Wildman–Crippen MR) is 83.0 cm³/mol. The van der Waals surface area contributed by atoms with Gasteiger partial charge in [-0.25, -0.2) is 0 Å². The van der Waals surface area contributed by atoms with Crippen LogP contribution in [0.25, 0.3) is 0 Å². The van der Waals surface area contributed by atoms with E-state index in [1.165, 1.54) is 43.2 Å². The first-order valence-electron chi connectivity index (χ1n) is 8.15. The van der Waals surface area contributed by atoms with Gasteiger partial charge in [-0.3, -0.25) is 0 Å². The molecule has 1 aromatic carbocycles. The number of ether oxygens (including phenoxy) is 2. The van der Waals surface area contributed by atoms with Gasteiger partial charge in [-0.15, -0.1) is 0 Å². The Morgan fingerprint density at radius 1 is 0.950 bits per heavy atom. The van der Waals surface area contributed by atoms with Gasteiger partial charge in [-0.1, -0.05) is 57.4 Å². The summed E-state index contributed by atoms with van der Waals surface area (Å²) in [5, 5.41) is 0. The van der Waals surface area contributed by atoms with E-state index in [1.54, 1.807) is 0 Å². The van der Waals surface area contributed by atoms with Crippen molar-refractivity contribution in [3.63, 3.8) is 0 Å². The van der Waals surface area contributed by atoms with Crippen LogP contribution in [0.3, 0.4) is 0 Å². The van der Waals surface area contributed by atoms with E-state index in [2.05, 4.69) is 38.1 Å². The molecule has 0 amide bonds. The average molecular weight is 276 g/mol. The molecule has 0 bridgehead atoms. The van der Waals surface area contributed by atoms with Crippen molar-refractivity contribution in [3.05, 3.63) is 35.4 Å². The zero-order valence-electron chi connectivity index (χ0n) is 12.9. The molecule has 1 heterocycles. The van der Waals surface area contributed by atoms with E-state index in [0.717, 1.165) is 13.0 Å². The highest BCUT2D eigenvalue weighted by molar-refractivity contribution is 5.24. The van der Waals surface area contributed by atoms with Crippen molar-refractivity contribution in [2.75, 3.05) is 13.2 Å². The second-order valence-electron chi connectivity index (χ2n) is 5.74. The van der Waals surface area contributed by atoms with Crippen molar-refractivity contribution in [1.82, 2.24) is 0 Å². The lowest BCUT2D eigenvalue weighted by molar-refractivity contribution is -0.135. The lowest BCUT2D eigenvalue weighted by atomic mass is 10.0. The minimum absolute atomic E-state index is 0.118. The molecule has 1 aromatic rings. The highest BCUT2D eigenvalue weighted by Gasteiger charge is 2.22. The SMILES string of the molecule is CCCCCCc1ccc([C@H]2CO[C@H](CC)CO2)cc1. The van der Waals surface area contributed by atoms with Gasteiger partial charge in [0.25, 0.3) is 0 Å². The van der Waals surface area contributed by atoms with Crippen LogP contribution in [-0.2, 0) is 15.9 Å². The molecule has 0 radical (unpaired) electrons. The summed E-state index contributed by atoms with van der Waals surface area (Å²) in [6.45, 7) is 5.81. The minimum Gasteiger partial charge on any atom is -0.373 e. The normalized spacial score (nSPS) is 22.9. The van der Waals surface area contributed by atoms with E-state index in [1.807, 2.05) is 0 Å². The van der Waals surface area contributed by atoms with Crippen molar-refractivity contribution in [2.24, 2.45) is 0 Å². The summed E-state index contributed by atoms with van der Waals surface area (Å²) < 4.78 is 11.7. The number of rotatable bonds is 7. The summed E-state index contributed by atoms with van der Waals surface area (Å²) in [7, 11) is 0. The number of unbranched alkanes of at least 4 members (excludes halogenated alkanes) is 3. The quantitative estimate of drug-likeness (QED) is 0.673. The Labute approximate surface area is 123 Å². The topological polar surface area (TPSA) is 18.5 Å². The van der Waals surface area contributed by atoms with Crippen molar-refractivity contribution in [2.45, 2.75) is 64.6 Å².